The molecule has 5 nitrogen and oxygen atoms in total. The topological polar surface area (TPSA) is 55.6 Å². The summed E-state index contributed by atoms with van der Waals surface area (Å²) in [7, 11) is 3.79. The lowest BCUT2D eigenvalue weighted by molar-refractivity contribution is 0.665. The van der Waals surface area contributed by atoms with Crippen LogP contribution in [-0.4, -0.2) is 26.8 Å². The van der Waals surface area contributed by atoms with Crippen LogP contribution in [0.25, 0.3) is 0 Å². The van der Waals surface area contributed by atoms with Crippen LogP contribution in [0.3, 0.4) is 0 Å². The van der Waals surface area contributed by atoms with E-state index in [9.17, 15) is 0 Å². The van der Waals surface area contributed by atoms with E-state index < -0.39 is 0 Å². The van der Waals surface area contributed by atoms with E-state index in [1.807, 2.05) is 26.5 Å². The summed E-state index contributed by atoms with van der Waals surface area (Å²) in [4.78, 5) is 8.33. The molecular formula is C10H13N5. The molecule has 1 unspecified atom stereocenters. The van der Waals surface area contributed by atoms with Crippen molar-refractivity contribution in [2.75, 3.05) is 7.05 Å². The van der Waals surface area contributed by atoms with Gasteiger partial charge in [0.25, 0.3) is 0 Å². The zero-order valence-electron chi connectivity index (χ0n) is 8.75. The third-order valence-corrected chi connectivity index (χ3v) is 2.23. The molecule has 2 heterocycles. The summed E-state index contributed by atoms with van der Waals surface area (Å²) in [5.74, 6) is 0. The van der Waals surface area contributed by atoms with E-state index in [0.29, 0.717) is 0 Å². The lowest BCUT2D eigenvalue weighted by atomic mass is 10.1. The van der Waals surface area contributed by atoms with Gasteiger partial charge in [0, 0.05) is 31.2 Å². The first-order chi connectivity index (χ1) is 7.31. The van der Waals surface area contributed by atoms with Crippen LogP contribution in [0, 0.1) is 0 Å². The van der Waals surface area contributed by atoms with Gasteiger partial charge in [-0.25, -0.2) is 0 Å². The maximum Gasteiger partial charge on any atom is 0.0802 e. The van der Waals surface area contributed by atoms with Gasteiger partial charge in [0.15, 0.2) is 0 Å². The first-order valence-corrected chi connectivity index (χ1v) is 4.73. The summed E-state index contributed by atoms with van der Waals surface area (Å²) in [6.07, 6.45) is 8.91. The molecular weight excluding hydrogens is 190 g/mol. The number of aryl methyl sites for hydroxylation is 1. The zero-order chi connectivity index (χ0) is 10.7. The molecule has 0 aliphatic carbocycles. The van der Waals surface area contributed by atoms with E-state index in [0.717, 1.165) is 11.3 Å². The highest BCUT2D eigenvalue weighted by Crippen LogP contribution is 2.17. The lowest BCUT2D eigenvalue weighted by Gasteiger charge is -2.12. The normalized spacial score (nSPS) is 12.7. The van der Waals surface area contributed by atoms with Gasteiger partial charge in [-0.05, 0) is 7.05 Å². The fourth-order valence-electron chi connectivity index (χ4n) is 1.53. The smallest absolute Gasteiger partial charge is 0.0802 e. The van der Waals surface area contributed by atoms with Crippen molar-refractivity contribution in [3.05, 3.63) is 42.2 Å². The lowest BCUT2D eigenvalue weighted by Crippen LogP contribution is -2.18. The summed E-state index contributed by atoms with van der Waals surface area (Å²) >= 11 is 0. The molecule has 0 aliphatic heterocycles. The molecule has 2 aromatic heterocycles. The van der Waals surface area contributed by atoms with Crippen LogP contribution in [0.2, 0.25) is 0 Å². The quantitative estimate of drug-likeness (QED) is 0.790. The molecule has 0 saturated heterocycles. The molecule has 0 spiro atoms. The average Bonchev–Trinajstić information content (AvgIpc) is 2.68. The van der Waals surface area contributed by atoms with Crippen molar-refractivity contribution < 1.29 is 0 Å². The van der Waals surface area contributed by atoms with Crippen molar-refractivity contribution >= 4 is 0 Å². The molecule has 1 atom stereocenters. The Balaban J connectivity index is 2.33. The molecule has 2 aromatic rings. The second-order valence-corrected chi connectivity index (χ2v) is 3.30. The molecule has 0 saturated carbocycles. The number of nitrogens with one attached hydrogen (secondary N) is 1. The SMILES string of the molecule is CNC(c1cnn(C)c1)c1cnccn1. The highest BCUT2D eigenvalue weighted by atomic mass is 15.2. The summed E-state index contributed by atoms with van der Waals surface area (Å²) < 4.78 is 1.77. The summed E-state index contributed by atoms with van der Waals surface area (Å²) in [5.41, 5.74) is 1.98. The Bertz CT molecular complexity index is 422. The van der Waals surface area contributed by atoms with Crippen molar-refractivity contribution in [2.24, 2.45) is 7.05 Å². The van der Waals surface area contributed by atoms with Gasteiger partial charge >= 0.3 is 0 Å². The van der Waals surface area contributed by atoms with Crippen LogP contribution in [0.15, 0.2) is 31.0 Å². The fourth-order valence-corrected chi connectivity index (χ4v) is 1.53. The minimum atomic E-state index is 0.0485. The number of hydrogen-bond donors (Lipinski definition) is 1. The van der Waals surface area contributed by atoms with Gasteiger partial charge in [-0.1, -0.05) is 0 Å². The van der Waals surface area contributed by atoms with Gasteiger partial charge in [-0.2, -0.15) is 5.10 Å². The summed E-state index contributed by atoms with van der Waals surface area (Å²) in [6, 6.07) is 0.0485. The van der Waals surface area contributed by atoms with E-state index in [2.05, 4.69) is 20.4 Å². The predicted molar refractivity (Wildman–Crippen MR) is 56.1 cm³/mol. The first kappa shape index (κ1) is 9.79. The highest BCUT2D eigenvalue weighted by Gasteiger charge is 2.14. The second kappa shape index (κ2) is 4.18. The largest absolute Gasteiger partial charge is 0.308 e. The van der Waals surface area contributed by atoms with Crippen molar-refractivity contribution in [3.63, 3.8) is 0 Å². The molecule has 5 heteroatoms. The molecule has 1 N–H and O–H groups in total. The Morgan fingerprint density at radius 1 is 1.33 bits per heavy atom. The van der Waals surface area contributed by atoms with E-state index >= 15 is 0 Å². The average molecular weight is 203 g/mol. The van der Waals surface area contributed by atoms with Crippen molar-refractivity contribution in [1.29, 1.82) is 0 Å². The molecule has 15 heavy (non-hydrogen) atoms. The Labute approximate surface area is 88.2 Å². The van der Waals surface area contributed by atoms with E-state index in [4.69, 9.17) is 0 Å². The molecule has 0 bridgehead atoms. The molecule has 0 fully saturated rings. The van der Waals surface area contributed by atoms with Gasteiger partial charge in [0.05, 0.1) is 24.1 Å². The monoisotopic (exact) mass is 203 g/mol. The Morgan fingerprint density at radius 2 is 2.20 bits per heavy atom. The minimum absolute atomic E-state index is 0.0485. The molecule has 0 radical (unpaired) electrons. The van der Waals surface area contributed by atoms with Gasteiger partial charge in [-0.15, -0.1) is 0 Å². The van der Waals surface area contributed by atoms with E-state index in [-0.39, 0.29) is 6.04 Å². The molecule has 0 aromatic carbocycles. The zero-order valence-corrected chi connectivity index (χ0v) is 8.75. The number of aromatic nitrogens is 4. The third-order valence-electron chi connectivity index (χ3n) is 2.23. The number of rotatable bonds is 3. The minimum Gasteiger partial charge on any atom is -0.308 e. The summed E-state index contributed by atoms with van der Waals surface area (Å²) in [6.45, 7) is 0. The molecule has 2 rings (SSSR count). The van der Waals surface area contributed by atoms with Crippen LogP contribution < -0.4 is 5.32 Å². The van der Waals surface area contributed by atoms with Crippen LogP contribution >= 0.6 is 0 Å². The van der Waals surface area contributed by atoms with Gasteiger partial charge in [-0.3, -0.25) is 14.6 Å². The summed E-state index contributed by atoms with van der Waals surface area (Å²) in [5, 5.41) is 7.33. The maximum atomic E-state index is 4.27. The maximum absolute atomic E-state index is 4.27. The molecule has 0 aliphatic rings. The van der Waals surface area contributed by atoms with Crippen LogP contribution in [-0.2, 0) is 7.05 Å². The highest BCUT2D eigenvalue weighted by molar-refractivity contribution is 5.21. The van der Waals surface area contributed by atoms with Crippen molar-refractivity contribution in [3.8, 4) is 0 Å². The van der Waals surface area contributed by atoms with Crippen LogP contribution in [0.1, 0.15) is 17.3 Å². The standard InChI is InChI=1S/C10H13N5/c1-11-10(8-5-14-15(2)7-8)9-6-12-3-4-13-9/h3-7,10-11H,1-2H3. The van der Waals surface area contributed by atoms with Gasteiger partial charge in [0.2, 0.25) is 0 Å². The third kappa shape index (κ3) is 2.02. The second-order valence-electron chi connectivity index (χ2n) is 3.30. The Hall–Kier alpha value is -1.75. The Morgan fingerprint density at radius 3 is 2.73 bits per heavy atom. The van der Waals surface area contributed by atoms with Crippen molar-refractivity contribution in [2.45, 2.75) is 6.04 Å². The fraction of sp³-hybridized carbons (Fsp3) is 0.300. The number of hydrogen-bond acceptors (Lipinski definition) is 4. The predicted octanol–water partition coefficient (Wildman–Crippen LogP) is 0.519. The molecule has 0 amide bonds. The van der Waals surface area contributed by atoms with Crippen LogP contribution in [0.4, 0.5) is 0 Å². The van der Waals surface area contributed by atoms with E-state index in [1.54, 1.807) is 23.3 Å². The van der Waals surface area contributed by atoms with Gasteiger partial charge < -0.3 is 5.32 Å². The number of nitrogens with zero attached hydrogens (tertiary/aromatic N) is 4. The Kier molecular flexibility index (Phi) is 2.73. The molecule has 78 valence electrons. The van der Waals surface area contributed by atoms with Crippen LogP contribution in [0.5, 0.6) is 0 Å². The van der Waals surface area contributed by atoms with Gasteiger partial charge in [0.1, 0.15) is 0 Å². The van der Waals surface area contributed by atoms with Crippen molar-refractivity contribution in [1.82, 2.24) is 25.1 Å². The van der Waals surface area contributed by atoms with E-state index in [1.165, 1.54) is 0 Å². The first-order valence-electron chi connectivity index (χ1n) is 4.73.